The first-order chi connectivity index (χ1) is 29.0. The summed E-state index contributed by atoms with van der Waals surface area (Å²) in [4.78, 5) is 43.2. The first-order valence-corrected chi connectivity index (χ1v) is 22.1. The highest BCUT2D eigenvalue weighted by atomic mass is 32.1. The second kappa shape index (κ2) is 18.2. The lowest BCUT2D eigenvalue weighted by Crippen LogP contribution is -2.48. The molecule has 4 fully saturated rings. The van der Waals surface area contributed by atoms with E-state index >= 15 is 0 Å². The largest absolute Gasteiger partial charge is 0.487 e. The number of benzene rings is 2. The molecule has 320 valence electrons. The van der Waals surface area contributed by atoms with Crippen molar-refractivity contribution in [3.05, 3.63) is 94.8 Å². The minimum Gasteiger partial charge on any atom is -0.487 e. The summed E-state index contributed by atoms with van der Waals surface area (Å²) in [5.74, 6) is 0.727. The number of nitrogens with one attached hydrogen (secondary N) is 3. The molecule has 3 aromatic rings. The van der Waals surface area contributed by atoms with E-state index < -0.39 is 28.8 Å². The van der Waals surface area contributed by atoms with Crippen LogP contribution < -0.4 is 25.4 Å². The highest BCUT2D eigenvalue weighted by Crippen LogP contribution is 2.61. The van der Waals surface area contributed by atoms with Gasteiger partial charge in [-0.15, -0.1) is 11.3 Å². The Morgan fingerprint density at radius 3 is 2.30 bits per heavy atom. The van der Waals surface area contributed by atoms with Gasteiger partial charge >= 0.3 is 5.97 Å². The van der Waals surface area contributed by atoms with E-state index in [2.05, 4.69) is 20.9 Å². The quantitative estimate of drug-likeness (QED) is 0.0738. The van der Waals surface area contributed by atoms with E-state index in [4.69, 9.17) is 18.9 Å². The van der Waals surface area contributed by atoms with Gasteiger partial charge in [0, 0.05) is 49.0 Å². The number of nitrogens with zero attached hydrogens (tertiary/aromatic N) is 1. The molecule has 60 heavy (non-hydrogen) atoms. The Bertz CT molecular complexity index is 2040. The summed E-state index contributed by atoms with van der Waals surface area (Å²) >= 11 is 1.33. The summed E-state index contributed by atoms with van der Waals surface area (Å²) in [6.07, 6.45) is 16.8. The number of hydrogen-bond donors (Lipinski definition) is 4. The average Bonchev–Trinajstić information content (AvgIpc) is 3.71. The first-order valence-electron chi connectivity index (χ1n) is 21.2. The number of carboxylic acid groups (broad SMARTS) is 1. The maximum absolute atomic E-state index is 14.7. The number of carboxylic acids is 1. The van der Waals surface area contributed by atoms with Crippen molar-refractivity contribution in [3.8, 4) is 11.5 Å². The van der Waals surface area contributed by atoms with Crippen LogP contribution in [-0.2, 0) is 35.8 Å². The molecule has 2 aromatic carbocycles. The fourth-order valence-corrected chi connectivity index (χ4v) is 11.3. The summed E-state index contributed by atoms with van der Waals surface area (Å²) < 4.78 is 38.8. The molecule has 4 bridgehead atoms. The summed E-state index contributed by atoms with van der Waals surface area (Å²) in [5, 5.41) is 22.2. The molecule has 0 unspecified atom stereocenters. The number of carbonyl (C=O) groups is 3. The molecule has 12 nitrogen and oxygen atoms in total. The fraction of sp³-hybridized carbons (Fsp3) is 0.522. The first kappa shape index (κ1) is 42.1. The number of amides is 2. The van der Waals surface area contributed by atoms with Crippen LogP contribution in [0.5, 0.6) is 11.5 Å². The monoisotopic (exact) mass is 842 g/mol. The fourth-order valence-electron chi connectivity index (χ4n) is 10.7. The molecule has 9 rings (SSSR count). The zero-order valence-electron chi connectivity index (χ0n) is 34.1. The molecule has 1 aromatic heterocycles. The maximum Gasteiger partial charge on any atom is 0.356 e. The van der Waals surface area contributed by atoms with Crippen LogP contribution in [0.2, 0.25) is 0 Å². The number of rotatable bonds is 19. The second-order valence-electron chi connectivity index (χ2n) is 17.5. The molecule has 5 aliphatic carbocycles. The molecule has 2 amide bonds. The number of carbonyl (C=O) groups excluding carboxylic acids is 2. The van der Waals surface area contributed by atoms with Crippen molar-refractivity contribution in [1.82, 2.24) is 15.6 Å². The number of fused-ring (bicyclic) bond motifs is 1. The van der Waals surface area contributed by atoms with Crippen LogP contribution in [0, 0.1) is 29.0 Å². The number of aliphatic carboxylic acids is 1. The third-order valence-electron chi connectivity index (χ3n) is 13.0. The highest BCUT2D eigenvalue weighted by Gasteiger charge is 2.51. The van der Waals surface area contributed by atoms with Crippen molar-refractivity contribution in [1.29, 1.82) is 0 Å². The molecule has 0 radical (unpaired) electrons. The van der Waals surface area contributed by atoms with E-state index in [1.54, 1.807) is 48.0 Å². The Labute approximate surface area is 354 Å². The van der Waals surface area contributed by atoms with E-state index in [9.17, 15) is 23.9 Å². The molecule has 4 saturated carbocycles. The van der Waals surface area contributed by atoms with E-state index in [1.807, 2.05) is 13.0 Å². The van der Waals surface area contributed by atoms with E-state index in [0.717, 1.165) is 28.9 Å². The van der Waals surface area contributed by atoms with Crippen molar-refractivity contribution in [2.75, 3.05) is 51.4 Å². The summed E-state index contributed by atoms with van der Waals surface area (Å²) in [6.45, 7) is 4.44. The number of allylic oxidation sites excluding steroid dienone is 2. The van der Waals surface area contributed by atoms with Gasteiger partial charge in [-0.1, -0.05) is 30.4 Å². The molecular weight excluding hydrogens is 788 g/mol. The third kappa shape index (κ3) is 9.62. The molecule has 2 heterocycles. The number of anilines is 1. The Hall–Kier alpha value is -4.63. The van der Waals surface area contributed by atoms with Gasteiger partial charge in [0.25, 0.3) is 0 Å². The molecule has 4 N–H and O–H groups in total. The van der Waals surface area contributed by atoms with Crippen LogP contribution in [0.15, 0.2) is 72.3 Å². The number of hydrogen-bond acceptors (Lipinski definition) is 10. The van der Waals surface area contributed by atoms with Gasteiger partial charge in [0.05, 0.1) is 26.4 Å². The molecular formula is C46H55FN4O8S. The van der Waals surface area contributed by atoms with Crippen LogP contribution >= 0.6 is 11.3 Å². The zero-order chi connectivity index (χ0) is 41.7. The van der Waals surface area contributed by atoms with E-state index in [-0.39, 0.29) is 42.6 Å². The van der Waals surface area contributed by atoms with Crippen molar-refractivity contribution in [3.63, 3.8) is 0 Å². The topological polar surface area (TPSA) is 157 Å². The lowest BCUT2D eigenvalue weighted by atomic mass is 9.49. The minimum atomic E-state index is -1.92. The predicted molar refractivity (Wildman–Crippen MR) is 225 cm³/mol. The lowest BCUT2D eigenvalue weighted by molar-refractivity contribution is -0.147. The Balaban J connectivity index is 0.872. The second-order valence-corrected chi connectivity index (χ2v) is 18.4. The zero-order valence-corrected chi connectivity index (χ0v) is 34.9. The Kier molecular flexibility index (Phi) is 12.7. The summed E-state index contributed by atoms with van der Waals surface area (Å²) in [6, 6.07) is 9.96. The van der Waals surface area contributed by atoms with Crippen LogP contribution in [0.1, 0.15) is 80.9 Å². The number of thiazole rings is 1. The predicted octanol–water partition coefficient (Wildman–Crippen LogP) is 6.92. The van der Waals surface area contributed by atoms with Crippen molar-refractivity contribution in [2.45, 2.75) is 81.8 Å². The van der Waals surface area contributed by atoms with Gasteiger partial charge in [0.2, 0.25) is 17.4 Å². The Morgan fingerprint density at radius 2 is 1.62 bits per heavy atom. The standard InChI is InChI=1S/C46H55FN4O8S/c1-44(28-41(53)51-43-49-13-19-60-43)36-24-39(59-46(42(54)55)9-6-33(7-10-46)35-4-2-3-5-37(35)47)38(23-34(36)8-11-50-44)58-18-17-57-16-15-56-14-12-48-40(52)29-45-25-30-20-31(26-45)22-32(21-30)27-45/h2-7,9-10,13,19,23-24,30-33,50H,8,11-12,14-18,20-22,25-29H2,1H3,(H,48,52)(H,54,55)(H,49,51,53)/t30?,31?,32?,33?,44-,45?,46?/m1/s1. The van der Waals surface area contributed by atoms with Gasteiger partial charge in [-0.05, 0) is 122 Å². The third-order valence-corrected chi connectivity index (χ3v) is 13.7. The van der Waals surface area contributed by atoms with Gasteiger partial charge in [-0.3, -0.25) is 9.59 Å². The highest BCUT2D eigenvalue weighted by molar-refractivity contribution is 7.13. The van der Waals surface area contributed by atoms with Crippen molar-refractivity contribution in [2.24, 2.45) is 23.2 Å². The van der Waals surface area contributed by atoms with E-state index in [0.29, 0.717) is 62.2 Å². The molecule has 1 aliphatic heterocycles. The summed E-state index contributed by atoms with van der Waals surface area (Å²) in [5.41, 5.74) is -0.405. The molecule has 0 spiro atoms. The number of halogens is 1. The van der Waals surface area contributed by atoms with Crippen LogP contribution in [0.4, 0.5) is 9.52 Å². The van der Waals surface area contributed by atoms with Crippen LogP contribution in [0.3, 0.4) is 0 Å². The number of aromatic nitrogens is 1. The number of ether oxygens (including phenoxy) is 4. The molecule has 14 heteroatoms. The van der Waals surface area contributed by atoms with Crippen LogP contribution in [-0.4, -0.2) is 79.6 Å². The smallest absolute Gasteiger partial charge is 0.356 e. The van der Waals surface area contributed by atoms with E-state index in [1.165, 1.54) is 68.1 Å². The SMILES string of the molecule is C[C@]1(CC(=O)Nc2nccs2)NCCc2cc(OCCOCCOCCNC(=O)CC34CC5CC(CC(C5)C3)C4)c(OC3(C(=O)O)C=CC(c4ccccc4F)C=C3)cc21. The van der Waals surface area contributed by atoms with Gasteiger partial charge < -0.3 is 40.0 Å². The maximum atomic E-state index is 14.7. The van der Waals surface area contributed by atoms with Crippen molar-refractivity contribution >= 4 is 34.3 Å². The minimum absolute atomic E-state index is 0.0809. The Morgan fingerprint density at radius 1 is 0.917 bits per heavy atom. The average molecular weight is 843 g/mol. The summed E-state index contributed by atoms with van der Waals surface area (Å²) in [7, 11) is 0. The van der Waals surface area contributed by atoms with Crippen molar-refractivity contribution < 1.29 is 42.8 Å². The normalized spacial score (nSPS) is 28.6. The molecule has 1 atom stereocenters. The van der Waals surface area contributed by atoms with Gasteiger partial charge in [0.1, 0.15) is 12.4 Å². The van der Waals surface area contributed by atoms with Gasteiger partial charge in [-0.25, -0.2) is 14.2 Å². The lowest BCUT2D eigenvalue weighted by Gasteiger charge is -2.56. The van der Waals surface area contributed by atoms with Gasteiger partial charge in [0.15, 0.2) is 16.6 Å². The van der Waals surface area contributed by atoms with Gasteiger partial charge in [-0.2, -0.15) is 0 Å². The van der Waals surface area contributed by atoms with Crippen LogP contribution in [0.25, 0.3) is 0 Å². The molecule has 0 saturated heterocycles. The molecule has 6 aliphatic rings.